The van der Waals surface area contributed by atoms with Crippen LogP contribution in [0.1, 0.15) is 17.2 Å². The molecule has 3 nitrogen and oxygen atoms in total. The Bertz CT molecular complexity index is 456. The van der Waals surface area contributed by atoms with Crippen LogP contribution in [0.4, 0.5) is 0 Å². The molecule has 1 atom stereocenters. The van der Waals surface area contributed by atoms with E-state index < -0.39 is 0 Å². The van der Waals surface area contributed by atoms with Gasteiger partial charge in [-0.3, -0.25) is 11.3 Å². The van der Waals surface area contributed by atoms with Crippen molar-refractivity contribution in [3.8, 4) is 5.75 Å². The van der Waals surface area contributed by atoms with Crippen LogP contribution < -0.4 is 16.0 Å². The second-order valence-corrected chi connectivity index (χ2v) is 4.61. The second kappa shape index (κ2) is 5.82. The van der Waals surface area contributed by atoms with Crippen molar-refractivity contribution in [2.75, 3.05) is 7.11 Å². The predicted octanol–water partition coefficient (Wildman–Crippen LogP) is 2.50. The number of thiophene rings is 1. The van der Waals surface area contributed by atoms with Crippen molar-refractivity contribution in [1.29, 1.82) is 0 Å². The van der Waals surface area contributed by atoms with Gasteiger partial charge in [0.2, 0.25) is 0 Å². The highest BCUT2D eigenvalue weighted by atomic mass is 32.1. The average molecular weight is 248 g/mol. The maximum atomic E-state index is 5.63. The molecule has 1 heterocycles. The minimum atomic E-state index is 0.111. The molecule has 90 valence electrons. The van der Waals surface area contributed by atoms with Gasteiger partial charge in [0, 0.05) is 0 Å². The fourth-order valence-corrected chi connectivity index (χ4v) is 2.46. The smallest absolute Gasteiger partial charge is 0.119 e. The summed E-state index contributed by atoms with van der Waals surface area (Å²) in [5, 5.41) is 4.22. The quantitative estimate of drug-likeness (QED) is 0.631. The van der Waals surface area contributed by atoms with Gasteiger partial charge in [0.25, 0.3) is 0 Å². The number of methoxy groups -OCH3 is 1. The van der Waals surface area contributed by atoms with Crippen molar-refractivity contribution in [3.05, 3.63) is 52.2 Å². The van der Waals surface area contributed by atoms with Gasteiger partial charge in [-0.05, 0) is 46.5 Å². The van der Waals surface area contributed by atoms with E-state index in [1.807, 2.05) is 18.2 Å². The minimum absolute atomic E-state index is 0.111. The third kappa shape index (κ3) is 3.06. The van der Waals surface area contributed by atoms with E-state index in [0.717, 1.165) is 17.7 Å². The van der Waals surface area contributed by atoms with Crippen molar-refractivity contribution in [2.45, 2.75) is 12.5 Å². The molecule has 0 spiro atoms. The Balaban J connectivity index is 2.16. The van der Waals surface area contributed by atoms with Gasteiger partial charge in [-0.1, -0.05) is 12.1 Å². The molecular formula is C13H16N2OS. The van der Waals surface area contributed by atoms with Gasteiger partial charge in [0.05, 0.1) is 13.2 Å². The number of ether oxygens (including phenoxy) is 1. The highest BCUT2D eigenvalue weighted by molar-refractivity contribution is 7.07. The number of hydrazine groups is 1. The first-order chi connectivity index (χ1) is 8.33. The van der Waals surface area contributed by atoms with Gasteiger partial charge in [-0.25, -0.2) is 0 Å². The zero-order chi connectivity index (χ0) is 12.1. The topological polar surface area (TPSA) is 47.3 Å². The van der Waals surface area contributed by atoms with Crippen LogP contribution in [0.5, 0.6) is 5.75 Å². The molecule has 0 aliphatic heterocycles. The van der Waals surface area contributed by atoms with Crippen molar-refractivity contribution in [2.24, 2.45) is 5.84 Å². The lowest BCUT2D eigenvalue weighted by molar-refractivity contribution is 0.413. The first-order valence-electron chi connectivity index (χ1n) is 5.44. The number of hydrogen-bond acceptors (Lipinski definition) is 4. The van der Waals surface area contributed by atoms with Crippen LogP contribution in [0.15, 0.2) is 41.1 Å². The lowest BCUT2D eigenvalue weighted by atomic mass is 10.0. The van der Waals surface area contributed by atoms with Crippen LogP contribution in [-0.2, 0) is 6.42 Å². The number of benzene rings is 1. The number of nitrogens with one attached hydrogen (secondary N) is 1. The summed E-state index contributed by atoms with van der Waals surface area (Å²) in [6.45, 7) is 0. The van der Waals surface area contributed by atoms with E-state index in [0.29, 0.717) is 0 Å². The molecule has 0 bridgehead atoms. The number of rotatable bonds is 5. The molecule has 0 radical (unpaired) electrons. The standard InChI is InChI=1S/C13H16N2OS/c1-16-12-4-2-3-11(8-12)13(15-14)7-10-5-6-17-9-10/h2-6,8-9,13,15H,7,14H2,1H3. The van der Waals surface area contributed by atoms with Gasteiger partial charge in [0.1, 0.15) is 5.75 Å². The van der Waals surface area contributed by atoms with Gasteiger partial charge in [-0.15, -0.1) is 0 Å². The van der Waals surface area contributed by atoms with E-state index in [1.54, 1.807) is 18.4 Å². The second-order valence-electron chi connectivity index (χ2n) is 3.83. The van der Waals surface area contributed by atoms with Crippen molar-refractivity contribution >= 4 is 11.3 Å². The summed E-state index contributed by atoms with van der Waals surface area (Å²) in [4.78, 5) is 0. The minimum Gasteiger partial charge on any atom is -0.497 e. The molecule has 0 aliphatic carbocycles. The Morgan fingerprint density at radius 1 is 1.41 bits per heavy atom. The molecule has 0 amide bonds. The molecule has 4 heteroatoms. The highest BCUT2D eigenvalue weighted by Crippen LogP contribution is 2.22. The third-order valence-corrected chi connectivity index (χ3v) is 3.45. The lowest BCUT2D eigenvalue weighted by Crippen LogP contribution is -2.29. The Morgan fingerprint density at radius 3 is 2.94 bits per heavy atom. The summed E-state index contributed by atoms with van der Waals surface area (Å²) in [7, 11) is 1.67. The molecular weight excluding hydrogens is 232 g/mol. The summed E-state index contributed by atoms with van der Waals surface area (Å²) in [5.41, 5.74) is 5.29. The van der Waals surface area contributed by atoms with Gasteiger partial charge < -0.3 is 4.74 Å². The normalized spacial score (nSPS) is 12.4. The highest BCUT2D eigenvalue weighted by Gasteiger charge is 2.11. The van der Waals surface area contributed by atoms with Crippen molar-refractivity contribution in [3.63, 3.8) is 0 Å². The summed E-state index contributed by atoms with van der Waals surface area (Å²) < 4.78 is 5.22. The van der Waals surface area contributed by atoms with Crippen LogP contribution in [-0.4, -0.2) is 7.11 Å². The molecule has 0 saturated heterocycles. The summed E-state index contributed by atoms with van der Waals surface area (Å²) in [6, 6.07) is 10.2. The number of hydrogen-bond donors (Lipinski definition) is 2. The van der Waals surface area contributed by atoms with Crippen molar-refractivity contribution in [1.82, 2.24) is 5.43 Å². The van der Waals surface area contributed by atoms with E-state index in [2.05, 4.69) is 28.3 Å². The average Bonchev–Trinajstić information content (AvgIpc) is 2.89. The maximum Gasteiger partial charge on any atom is 0.119 e. The summed E-state index contributed by atoms with van der Waals surface area (Å²) in [6.07, 6.45) is 0.882. The zero-order valence-corrected chi connectivity index (χ0v) is 10.5. The molecule has 17 heavy (non-hydrogen) atoms. The molecule has 3 N–H and O–H groups in total. The molecule has 1 aromatic carbocycles. The summed E-state index contributed by atoms with van der Waals surface area (Å²) >= 11 is 1.70. The van der Waals surface area contributed by atoms with Crippen LogP contribution in [0.3, 0.4) is 0 Å². The Morgan fingerprint density at radius 2 is 2.29 bits per heavy atom. The Kier molecular flexibility index (Phi) is 4.14. The molecule has 1 aromatic heterocycles. The third-order valence-electron chi connectivity index (χ3n) is 2.72. The molecule has 2 aromatic rings. The largest absolute Gasteiger partial charge is 0.497 e. The Labute approximate surface area is 105 Å². The monoisotopic (exact) mass is 248 g/mol. The van der Waals surface area contributed by atoms with Crippen LogP contribution in [0, 0.1) is 0 Å². The summed E-state index contributed by atoms with van der Waals surface area (Å²) in [5.74, 6) is 6.48. The van der Waals surface area contributed by atoms with E-state index in [1.165, 1.54) is 5.56 Å². The lowest BCUT2D eigenvalue weighted by Gasteiger charge is -2.16. The first-order valence-corrected chi connectivity index (χ1v) is 6.39. The van der Waals surface area contributed by atoms with E-state index in [9.17, 15) is 0 Å². The zero-order valence-electron chi connectivity index (χ0n) is 9.72. The fraction of sp³-hybridized carbons (Fsp3) is 0.231. The van der Waals surface area contributed by atoms with E-state index in [4.69, 9.17) is 10.6 Å². The van der Waals surface area contributed by atoms with Crippen molar-refractivity contribution < 1.29 is 4.74 Å². The fourth-order valence-electron chi connectivity index (χ4n) is 1.78. The Hall–Kier alpha value is -1.36. The van der Waals surface area contributed by atoms with Gasteiger partial charge in [-0.2, -0.15) is 11.3 Å². The molecule has 0 aliphatic rings. The molecule has 0 saturated carbocycles. The predicted molar refractivity (Wildman–Crippen MR) is 71.1 cm³/mol. The first kappa shape index (κ1) is 12.1. The van der Waals surface area contributed by atoms with Crippen LogP contribution >= 0.6 is 11.3 Å². The van der Waals surface area contributed by atoms with Gasteiger partial charge in [0.15, 0.2) is 0 Å². The van der Waals surface area contributed by atoms with Crippen LogP contribution in [0.2, 0.25) is 0 Å². The van der Waals surface area contributed by atoms with E-state index in [-0.39, 0.29) is 6.04 Å². The number of nitrogens with two attached hydrogens (primary N) is 1. The van der Waals surface area contributed by atoms with Crippen LogP contribution in [0.25, 0.3) is 0 Å². The molecule has 1 unspecified atom stereocenters. The molecule has 2 rings (SSSR count). The SMILES string of the molecule is COc1cccc(C(Cc2ccsc2)NN)c1. The van der Waals surface area contributed by atoms with Gasteiger partial charge >= 0.3 is 0 Å². The molecule has 0 fully saturated rings. The maximum absolute atomic E-state index is 5.63. The van der Waals surface area contributed by atoms with E-state index >= 15 is 0 Å².